The highest BCUT2D eigenvalue weighted by Gasteiger charge is 2.34. The molecule has 2 aliphatic rings. The van der Waals surface area contributed by atoms with E-state index in [1.165, 1.54) is 0 Å². The number of fused-ring (bicyclic) bond motifs is 1. The van der Waals surface area contributed by atoms with Crippen molar-refractivity contribution in [2.24, 2.45) is 16.3 Å². The van der Waals surface area contributed by atoms with Gasteiger partial charge in [-0.2, -0.15) is 5.10 Å². The number of hydrogen-bond donors (Lipinski definition) is 1. The second-order valence-electron chi connectivity index (χ2n) is 10.2. The molecule has 0 radical (unpaired) electrons. The van der Waals surface area contributed by atoms with Crippen LogP contribution in [0.2, 0.25) is 0 Å². The summed E-state index contributed by atoms with van der Waals surface area (Å²) in [5.74, 6) is -0.828. The molecule has 34 heavy (non-hydrogen) atoms. The van der Waals surface area contributed by atoms with Crippen LogP contribution in [0.15, 0.2) is 39.4 Å². The maximum atomic E-state index is 13.1. The largest absolute Gasteiger partial charge is 0.351 e. The number of aromatic nitrogens is 2. The number of nitrogens with zero attached hydrogens (tertiary/aromatic N) is 4. The number of likely N-dealkylation sites (tertiary alicyclic amines) is 1. The minimum Gasteiger partial charge on any atom is -0.351 e. The van der Waals surface area contributed by atoms with E-state index in [-0.39, 0.29) is 30.3 Å². The van der Waals surface area contributed by atoms with Crippen molar-refractivity contribution in [1.82, 2.24) is 20.0 Å². The molecular weight excluding hydrogens is 498 g/mol. The van der Waals surface area contributed by atoms with Crippen molar-refractivity contribution in [3.05, 3.63) is 40.0 Å². The van der Waals surface area contributed by atoms with Crippen LogP contribution < -0.4 is 5.32 Å². The molecule has 1 aromatic heterocycles. The van der Waals surface area contributed by atoms with Crippen molar-refractivity contribution in [1.29, 1.82) is 0 Å². The maximum absolute atomic E-state index is 13.1. The van der Waals surface area contributed by atoms with Gasteiger partial charge in [0.1, 0.15) is 0 Å². The smallest absolute Gasteiger partial charge is 0.254 e. The third-order valence-corrected chi connectivity index (χ3v) is 6.86. The first-order valence-electron chi connectivity index (χ1n) is 11.5. The first-order valence-corrected chi connectivity index (χ1v) is 12.3. The molecule has 180 valence electrons. The summed E-state index contributed by atoms with van der Waals surface area (Å²) in [6.07, 6.45) is 4.38. The Labute approximate surface area is 207 Å². The molecule has 9 heteroatoms. The molecule has 3 heterocycles. The number of aliphatic imine (C=N–C) groups is 1. The molecule has 2 atom stereocenters. The Hall–Kier alpha value is -2.81. The molecule has 1 aromatic carbocycles. The number of amides is 3. The highest BCUT2D eigenvalue weighted by molar-refractivity contribution is 9.10. The fraction of sp³-hybridized carbons (Fsp3) is 0.480. The van der Waals surface area contributed by atoms with Gasteiger partial charge in [0.25, 0.3) is 11.8 Å². The molecule has 8 nitrogen and oxygen atoms in total. The van der Waals surface area contributed by atoms with Crippen LogP contribution in [0.5, 0.6) is 0 Å². The summed E-state index contributed by atoms with van der Waals surface area (Å²) in [7, 11) is 0. The standard InChI is InChI=1S/C25H30BrN5O3/c1-14-8-15(2)29-23(33)19(14)11-27-22(32)18-9-16(26)10-21-20(18)12-28-31(21)17-6-7-30(13-17)24(34)25(3,4)5/h8-10,12,17,19H,6-7,11,13H2,1-5H3,(H,27,32). The third-order valence-electron chi connectivity index (χ3n) is 6.40. The lowest BCUT2D eigenvalue weighted by molar-refractivity contribution is -0.138. The summed E-state index contributed by atoms with van der Waals surface area (Å²) in [4.78, 5) is 44.0. The van der Waals surface area contributed by atoms with E-state index < -0.39 is 11.3 Å². The van der Waals surface area contributed by atoms with Crippen molar-refractivity contribution in [2.75, 3.05) is 19.6 Å². The molecule has 0 spiro atoms. The van der Waals surface area contributed by atoms with Crippen LogP contribution in [0, 0.1) is 11.3 Å². The van der Waals surface area contributed by atoms with Crippen LogP contribution in [0.25, 0.3) is 10.9 Å². The Kier molecular flexibility index (Phi) is 6.50. The van der Waals surface area contributed by atoms with Crippen molar-refractivity contribution in [2.45, 2.75) is 47.1 Å². The summed E-state index contributed by atoms with van der Waals surface area (Å²) in [5, 5.41) is 8.23. The van der Waals surface area contributed by atoms with Crippen molar-refractivity contribution in [3.8, 4) is 0 Å². The normalized spacial score (nSPS) is 21.0. The van der Waals surface area contributed by atoms with Gasteiger partial charge in [0.2, 0.25) is 5.91 Å². The Morgan fingerprint density at radius 3 is 2.65 bits per heavy atom. The van der Waals surface area contributed by atoms with Crippen LogP contribution in [0.1, 0.15) is 57.4 Å². The molecule has 0 bridgehead atoms. The molecule has 0 saturated carbocycles. The molecule has 3 amide bonds. The minimum absolute atomic E-state index is 0.0442. The second-order valence-corrected chi connectivity index (χ2v) is 11.1. The Bertz CT molecular complexity index is 1240. The fourth-order valence-electron chi connectivity index (χ4n) is 4.64. The van der Waals surface area contributed by atoms with E-state index in [1.807, 2.05) is 49.4 Å². The van der Waals surface area contributed by atoms with Gasteiger partial charge in [0.15, 0.2) is 0 Å². The Balaban J connectivity index is 1.54. The topological polar surface area (TPSA) is 96.7 Å². The second kappa shape index (κ2) is 9.09. The van der Waals surface area contributed by atoms with Gasteiger partial charge < -0.3 is 10.2 Å². The van der Waals surface area contributed by atoms with Gasteiger partial charge in [-0.05, 0) is 38.5 Å². The van der Waals surface area contributed by atoms with E-state index in [2.05, 4.69) is 31.3 Å². The number of dihydropyridines is 1. The highest BCUT2D eigenvalue weighted by Crippen LogP contribution is 2.31. The van der Waals surface area contributed by atoms with Gasteiger partial charge in [-0.1, -0.05) is 42.3 Å². The fourth-order valence-corrected chi connectivity index (χ4v) is 5.08. The van der Waals surface area contributed by atoms with E-state index in [0.717, 1.165) is 27.4 Å². The van der Waals surface area contributed by atoms with Gasteiger partial charge in [-0.15, -0.1) is 0 Å². The van der Waals surface area contributed by atoms with E-state index in [9.17, 15) is 14.4 Å². The first-order chi connectivity index (χ1) is 16.0. The Morgan fingerprint density at radius 1 is 1.24 bits per heavy atom. The van der Waals surface area contributed by atoms with Crippen molar-refractivity contribution < 1.29 is 14.4 Å². The van der Waals surface area contributed by atoms with Crippen LogP contribution in [-0.4, -0.2) is 57.7 Å². The SMILES string of the molecule is CC1=CC(C)=NC(=O)C1CNC(=O)c1cc(Br)cc2c1cnn2C1CCN(C(=O)C(C)(C)C)C1. The molecule has 2 aliphatic heterocycles. The molecule has 0 aliphatic carbocycles. The van der Waals surface area contributed by atoms with Gasteiger partial charge in [-0.3, -0.25) is 19.1 Å². The van der Waals surface area contributed by atoms with Crippen LogP contribution in [0.4, 0.5) is 0 Å². The lowest BCUT2D eigenvalue weighted by Gasteiger charge is -2.25. The monoisotopic (exact) mass is 527 g/mol. The molecular formula is C25H30BrN5O3. The maximum Gasteiger partial charge on any atom is 0.254 e. The number of nitrogens with one attached hydrogen (secondary N) is 1. The number of hydrogen-bond acceptors (Lipinski definition) is 4. The summed E-state index contributed by atoms with van der Waals surface area (Å²) >= 11 is 3.53. The van der Waals surface area contributed by atoms with E-state index in [0.29, 0.717) is 24.4 Å². The summed E-state index contributed by atoms with van der Waals surface area (Å²) in [5.41, 5.74) is 2.47. The van der Waals surface area contributed by atoms with Crippen molar-refractivity contribution in [3.63, 3.8) is 0 Å². The highest BCUT2D eigenvalue weighted by atomic mass is 79.9. The quantitative estimate of drug-likeness (QED) is 0.651. The van der Waals surface area contributed by atoms with Crippen LogP contribution >= 0.6 is 15.9 Å². The molecule has 1 saturated heterocycles. The zero-order valence-electron chi connectivity index (χ0n) is 20.2. The predicted molar refractivity (Wildman–Crippen MR) is 135 cm³/mol. The number of carbonyl (C=O) groups is 3. The number of halogens is 1. The Morgan fingerprint density at radius 2 is 1.97 bits per heavy atom. The number of carbonyl (C=O) groups excluding carboxylic acids is 3. The average molecular weight is 528 g/mol. The molecule has 1 N–H and O–H groups in total. The van der Waals surface area contributed by atoms with E-state index in [4.69, 9.17) is 0 Å². The number of rotatable bonds is 4. The lowest BCUT2D eigenvalue weighted by Crippen LogP contribution is -2.38. The van der Waals surface area contributed by atoms with Crippen molar-refractivity contribution >= 4 is 50.3 Å². The van der Waals surface area contributed by atoms with Gasteiger partial charge in [0, 0.05) is 40.6 Å². The van der Waals surface area contributed by atoms with Gasteiger partial charge in [0.05, 0.1) is 29.2 Å². The minimum atomic E-state index is -0.456. The van der Waals surface area contributed by atoms with E-state index in [1.54, 1.807) is 19.2 Å². The first kappa shape index (κ1) is 24.3. The molecule has 1 fully saturated rings. The van der Waals surface area contributed by atoms with Gasteiger partial charge in [-0.25, -0.2) is 4.99 Å². The predicted octanol–water partition coefficient (Wildman–Crippen LogP) is 3.91. The average Bonchev–Trinajstić information content (AvgIpc) is 3.37. The van der Waals surface area contributed by atoms with Gasteiger partial charge >= 0.3 is 0 Å². The molecule has 2 aromatic rings. The third kappa shape index (κ3) is 4.71. The lowest BCUT2D eigenvalue weighted by atomic mass is 9.95. The number of allylic oxidation sites excluding steroid dienone is 1. The van der Waals surface area contributed by atoms with Crippen LogP contribution in [-0.2, 0) is 9.59 Å². The molecule has 4 rings (SSSR count). The zero-order valence-corrected chi connectivity index (χ0v) is 21.8. The molecule has 2 unspecified atom stereocenters. The number of benzene rings is 1. The van der Waals surface area contributed by atoms with Crippen LogP contribution in [0.3, 0.4) is 0 Å². The van der Waals surface area contributed by atoms with E-state index >= 15 is 0 Å². The summed E-state index contributed by atoms with van der Waals surface area (Å²) in [6, 6.07) is 3.76. The summed E-state index contributed by atoms with van der Waals surface area (Å²) < 4.78 is 2.68. The summed E-state index contributed by atoms with van der Waals surface area (Å²) in [6.45, 7) is 10.9. The zero-order chi connectivity index (χ0) is 24.8.